The second-order valence-corrected chi connectivity index (χ2v) is 7.14. The molecule has 0 aromatic heterocycles. The maximum absolute atomic E-state index is 12.5. The summed E-state index contributed by atoms with van der Waals surface area (Å²) >= 11 is 3.24. The van der Waals surface area contributed by atoms with E-state index in [0.29, 0.717) is 21.3 Å². The van der Waals surface area contributed by atoms with E-state index in [1.807, 2.05) is 0 Å². The molecule has 1 atom stereocenters. The Kier molecular flexibility index (Phi) is 4.70. The summed E-state index contributed by atoms with van der Waals surface area (Å²) in [5.41, 5.74) is 0.783. The molecule has 0 bridgehead atoms. The van der Waals surface area contributed by atoms with E-state index in [-0.39, 0.29) is 5.75 Å². The predicted molar refractivity (Wildman–Crippen MR) is 88.8 cm³/mol. The SMILES string of the molecule is CC1=C(C(=O)OC(C)(C)C)C(c2ccc(O)c(Br)c2)NC(=O)N1. The highest BCUT2D eigenvalue weighted by atomic mass is 79.9. The summed E-state index contributed by atoms with van der Waals surface area (Å²) in [6, 6.07) is 3.74. The average molecular weight is 383 g/mol. The summed E-state index contributed by atoms with van der Waals surface area (Å²) in [6.07, 6.45) is 0. The van der Waals surface area contributed by atoms with Crippen molar-refractivity contribution in [2.45, 2.75) is 39.3 Å². The molecule has 0 saturated heterocycles. The van der Waals surface area contributed by atoms with Gasteiger partial charge in [0, 0.05) is 5.70 Å². The number of nitrogens with one attached hydrogen (secondary N) is 2. The van der Waals surface area contributed by atoms with Crippen molar-refractivity contribution >= 4 is 27.9 Å². The van der Waals surface area contributed by atoms with Crippen molar-refractivity contribution in [2.24, 2.45) is 0 Å². The third-order valence-corrected chi connectivity index (χ3v) is 3.83. The fourth-order valence-corrected chi connectivity index (χ4v) is 2.65. The van der Waals surface area contributed by atoms with Crippen molar-refractivity contribution in [3.05, 3.63) is 39.5 Å². The Morgan fingerprint density at radius 1 is 1.35 bits per heavy atom. The van der Waals surface area contributed by atoms with Gasteiger partial charge in [0.25, 0.3) is 0 Å². The Morgan fingerprint density at radius 2 is 2.00 bits per heavy atom. The number of carbonyl (C=O) groups is 2. The standard InChI is InChI=1S/C16H19BrN2O4/c1-8-12(14(21)23-16(2,3)4)13(19-15(22)18-8)9-5-6-11(20)10(17)7-9/h5-7,13,20H,1-4H3,(H2,18,19,22). The van der Waals surface area contributed by atoms with Crippen LogP contribution in [0, 0.1) is 0 Å². The number of phenols is 1. The number of rotatable bonds is 2. The fraction of sp³-hybridized carbons (Fsp3) is 0.375. The van der Waals surface area contributed by atoms with E-state index in [0.717, 1.165) is 0 Å². The minimum Gasteiger partial charge on any atom is -0.507 e. The predicted octanol–water partition coefficient (Wildman–Crippen LogP) is 3.12. The number of amides is 2. The van der Waals surface area contributed by atoms with Gasteiger partial charge in [-0.2, -0.15) is 0 Å². The highest BCUT2D eigenvalue weighted by Crippen LogP contribution is 2.33. The smallest absolute Gasteiger partial charge is 0.338 e. The maximum atomic E-state index is 12.5. The first kappa shape index (κ1) is 17.3. The summed E-state index contributed by atoms with van der Waals surface area (Å²) in [5.74, 6) is -0.426. The van der Waals surface area contributed by atoms with Gasteiger partial charge in [-0.3, -0.25) is 0 Å². The quantitative estimate of drug-likeness (QED) is 0.685. The van der Waals surface area contributed by atoms with E-state index in [4.69, 9.17) is 4.74 Å². The van der Waals surface area contributed by atoms with Crippen LogP contribution < -0.4 is 10.6 Å². The third kappa shape index (κ3) is 4.04. The molecular weight excluding hydrogens is 364 g/mol. The lowest BCUT2D eigenvalue weighted by Crippen LogP contribution is -2.46. The van der Waals surface area contributed by atoms with Crippen LogP contribution in [0.1, 0.15) is 39.3 Å². The van der Waals surface area contributed by atoms with Crippen molar-refractivity contribution in [3.8, 4) is 5.75 Å². The molecule has 1 heterocycles. The molecular formula is C16H19BrN2O4. The van der Waals surface area contributed by atoms with Gasteiger partial charge < -0.3 is 20.5 Å². The first-order valence-corrected chi connectivity index (χ1v) is 7.88. The number of hydrogen-bond acceptors (Lipinski definition) is 4. The number of benzene rings is 1. The number of ether oxygens (including phenoxy) is 1. The van der Waals surface area contributed by atoms with E-state index in [1.165, 1.54) is 6.07 Å². The number of carbonyl (C=O) groups excluding carboxylic acids is 2. The largest absolute Gasteiger partial charge is 0.507 e. The molecule has 0 radical (unpaired) electrons. The van der Waals surface area contributed by atoms with Crippen LogP contribution in [0.25, 0.3) is 0 Å². The van der Waals surface area contributed by atoms with Gasteiger partial charge in [0.15, 0.2) is 0 Å². The molecule has 1 aliphatic heterocycles. The van der Waals surface area contributed by atoms with E-state index in [1.54, 1.807) is 39.8 Å². The van der Waals surface area contributed by atoms with Gasteiger partial charge >= 0.3 is 12.0 Å². The highest BCUT2D eigenvalue weighted by molar-refractivity contribution is 9.10. The maximum Gasteiger partial charge on any atom is 0.338 e. The zero-order chi connectivity index (χ0) is 17.4. The molecule has 23 heavy (non-hydrogen) atoms. The van der Waals surface area contributed by atoms with Gasteiger partial charge in [0.05, 0.1) is 16.1 Å². The molecule has 0 saturated carbocycles. The number of aromatic hydroxyl groups is 1. The van der Waals surface area contributed by atoms with E-state index >= 15 is 0 Å². The Balaban J connectivity index is 2.45. The Morgan fingerprint density at radius 3 is 2.57 bits per heavy atom. The molecule has 7 heteroatoms. The summed E-state index contributed by atoms with van der Waals surface area (Å²) in [4.78, 5) is 24.3. The molecule has 1 aromatic carbocycles. The van der Waals surface area contributed by atoms with Crippen LogP contribution in [0.2, 0.25) is 0 Å². The van der Waals surface area contributed by atoms with Crippen LogP contribution in [0.3, 0.4) is 0 Å². The van der Waals surface area contributed by atoms with Crippen molar-refractivity contribution in [3.63, 3.8) is 0 Å². The third-order valence-electron chi connectivity index (χ3n) is 3.19. The van der Waals surface area contributed by atoms with Gasteiger partial charge in [0.1, 0.15) is 11.4 Å². The van der Waals surface area contributed by atoms with Crippen LogP contribution in [0.4, 0.5) is 4.79 Å². The van der Waals surface area contributed by atoms with Gasteiger partial charge in [-0.15, -0.1) is 0 Å². The molecule has 3 N–H and O–H groups in total. The van der Waals surface area contributed by atoms with Crippen molar-refractivity contribution in [2.75, 3.05) is 0 Å². The molecule has 0 aliphatic carbocycles. The van der Waals surface area contributed by atoms with Crippen molar-refractivity contribution in [1.82, 2.24) is 10.6 Å². The molecule has 2 rings (SSSR count). The lowest BCUT2D eigenvalue weighted by Gasteiger charge is -2.30. The summed E-state index contributed by atoms with van der Waals surface area (Å²) < 4.78 is 5.92. The second kappa shape index (κ2) is 6.23. The first-order chi connectivity index (χ1) is 10.6. The van der Waals surface area contributed by atoms with Crippen LogP contribution >= 0.6 is 15.9 Å². The molecule has 0 fully saturated rings. The number of halogens is 1. The van der Waals surface area contributed by atoms with Gasteiger partial charge in [0.2, 0.25) is 0 Å². The lowest BCUT2D eigenvalue weighted by atomic mass is 9.95. The number of esters is 1. The Labute approximate surface area is 143 Å². The van der Waals surface area contributed by atoms with Gasteiger partial charge in [-0.1, -0.05) is 6.07 Å². The fourth-order valence-electron chi connectivity index (χ4n) is 2.25. The number of allylic oxidation sites excluding steroid dienone is 1. The number of hydrogen-bond donors (Lipinski definition) is 3. The number of phenolic OH excluding ortho intramolecular Hbond substituents is 1. The summed E-state index contributed by atoms with van der Waals surface area (Å²) in [6.45, 7) is 6.99. The Hall–Kier alpha value is -2.02. The molecule has 1 aliphatic rings. The topological polar surface area (TPSA) is 87.7 Å². The van der Waals surface area contributed by atoms with Crippen LogP contribution in [-0.4, -0.2) is 22.7 Å². The molecule has 2 amide bonds. The van der Waals surface area contributed by atoms with Crippen LogP contribution in [-0.2, 0) is 9.53 Å². The molecule has 6 nitrogen and oxygen atoms in total. The van der Waals surface area contributed by atoms with E-state index in [9.17, 15) is 14.7 Å². The Bertz CT molecular complexity index is 692. The van der Waals surface area contributed by atoms with Crippen LogP contribution in [0.15, 0.2) is 33.9 Å². The zero-order valence-corrected chi connectivity index (χ0v) is 14.9. The monoisotopic (exact) mass is 382 g/mol. The molecule has 124 valence electrons. The zero-order valence-electron chi connectivity index (χ0n) is 13.4. The molecule has 0 spiro atoms. The van der Waals surface area contributed by atoms with Crippen LogP contribution in [0.5, 0.6) is 5.75 Å². The highest BCUT2D eigenvalue weighted by Gasteiger charge is 2.34. The number of urea groups is 1. The minimum absolute atomic E-state index is 0.0773. The lowest BCUT2D eigenvalue weighted by molar-refractivity contribution is -0.150. The van der Waals surface area contributed by atoms with E-state index in [2.05, 4.69) is 26.6 Å². The normalized spacial score (nSPS) is 18.3. The summed E-state index contributed by atoms with van der Waals surface area (Å²) in [5, 5.41) is 14.9. The molecule has 1 unspecified atom stereocenters. The van der Waals surface area contributed by atoms with Gasteiger partial charge in [-0.05, 0) is 61.3 Å². The second-order valence-electron chi connectivity index (χ2n) is 6.28. The minimum atomic E-state index is -0.657. The first-order valence-electron chi connectivity index (χ1n) is 7.08. The average Bonchev–Trinajstić information content (AvgIpc) is 2.38. The van der Waals surface area contributed by atoms with E-state index < -0.39 is 23.6 Å². The molecule has 1 aromatic rings. The van der Waals surface area contributed by atoms with Crippen molar-refractivity contribution in [1.29, 1.82) is 0 Å². The summed E-state index contributed by atoms with van der Waals surface area (Å²) in [7, 11) is 0. The van der Waals surface area contributed by atoms with Crippen molar-refractivity contribution < 1.29 is 19.4 Å². The van der Waals surface area contributed by atoms with Gasteiger partial charge in [-0.25, -0.2) is 9.59 Å².